The summed E-state index contributed by atoms with van der Waals surface area (Å²) in [5.74, 6) is 0. The Labute approximate surface area is 93.2 Å². The maximum absolute atomic E-state index is 12.0. The number of halogens is 1. The zero-order valence-electron chi connectivity index (χ0n) is 7.93. The van der Waals surface area contributed by atoms with Gasteiger partial charge in [0.15, 0.2) is 0 Å². The van der Waals surface area contributed by atoms with Crippen molar-refractivity contribution in [3.05, 3.63) is 64.9 Å². The van der Waals surface area contributed by atoms with Gasteiger partial charge in [-0.15, -0.1) is 0 Å². The van der Waals surface area contributed by atoms with Gasteiger partial charge in [-0.1, -0.05) is 41.9 Å². The highest BCUT2D eigenvalue weighted by Crippen LogP contribution is 2.23. The molecule has 3 heteroatoms. The molecule has 75 valence electrons. The van der Waals surface area contributed by atoms with Crippen LogP contribution in [-0.4, -0.2) is 4.98 Å². The lowest BCUT2D eigenvalue weighted by Gasteiger charge is -2.08. The molecular weight excluding hydrogens is 210 g/mol. The Morgan fingerprint density at radius 1 is 1.07 bits per heavy atom. The van der Waals surface area contributed by atoms with E-state index < -0.39 is 6.10 Å². The molecule has 1 atom stereocenters. The SMILES string of the molecule is [O]C(c1ccccc1)c1cncc(Cl)c1. The lowest BCUT2D eigenvalue weighted by Crippen LogP contribution is -1.98. The number of benzene rings is 1. The predicted octanol–water partition coefficient (Wildman–Crippen LogP) is 3.25. The third-order valence-corrected chi connectivity index (χ3v) is 2.34. The second-order valence-corrected chi connectivity index (χ2v) is 3.66. The Morgan fingerprint density at radius 2 is 1.80 bits per heavy atom. The van der Waals surface area contributed by atoms with Gasteiger partial charge in [-0.3, -0.25) is 4.98 Å². The number of hydrogen-bond donors (Lipinski definition) is 0. The molecule has 0 amide bonds. The minimum absolute atomic E-state index is 0.490. The zero-order chi connectivity index (χ0) is 10.7. The summed E-state index contributed by atoms with van der Waals surface area (Å²) in [7, 11) is 0. The predicted molar refractivity (Wildman–Crippen MR) is 58.2 cm³/mol. The topological polar surface area (TPSA) is 32.8 Å². The Balaban J connectivity index is 2.32. The van der Waals surface area contributed by atoms with Gasteiger partial charge in [0.05, 0.1) is 5.02 Å². The van der Waals surface area contributed by atoms with Crippen molar-refractivity contribution in [2.75, 3.05) is 0 Å². The molecule has 1 radical (unpaired) electrons. The first-order valence-electron chi connectivity index (χ1n) is 4.58. The summed E-state index contributed by atoms with van der Waals surface area (Å²) in [4.78, 5) is 3.90. The lowest BCUT2D eigenvalue weighted by atomic mass is 10.0. The van der Waals surface area contributed by atoms with Crippen molar-refractivity contribution in [1.82, 2.24) is 4.98 Å². The first-order valence-corrected chi connectivity index (χ1v) is 4.96. The fourth-order valence-corrected chi connectivity index (χ4v) is 1.57. The number of aromatic nitrogens is 1. The highest BCUT2D eigenvalue weighted by atomic mass is 35.5. The van der Waals surface area contributed by atoms with Crippen molar-refractivity contribution in [3.8, 4) is 0 Å². The molecule has 0 spiro atoms. The molecule has 1 aromatic heterocycles. The minimum atomic E-state index is -0.919. The Bertz CT molecular complexity index is 444. The van der Waals surface area contributed by atoms with E-state index in [0.717, 1.165) is 5.56 Å². The number of pyridine rings is 1. The summed E-state index contributed by atoms with van der Waals surface area (Å²) in [6.07, 6.45) is 2.15. The molecule has 0 aliphatic rings. The van der Waals surface area contributed by atoms with E-state index in [1.807, 2.05) is 18.2 Å². The molecule has 1 aromatic carbocycles. The summed E-state index contributed by atoms with van der Waals surface area (Å²) < 4.78 is 0. The van der Waals surface area contributed by atoms with E-state index in [4.69, 9.17) is 11.6 Å². The van der Waals surface area contributed by atoms with E-state index in [9.17, 15) is 5.11 Å². The van der Waals surface area contributed by atoms with Crippen molar-refractivity contribution in [1.29, 1.82) is 0 Å². The molecule has 0 bridgehead atoms. The van der Waals surface area contributed by atoms with Gasteiger partial charge >= 0.3 is 0 Å². The van der Waals surface area contributed by atoms with Crippen LogP contribution in [0.5, 0.6) is 0 Å². The Kier molecular flexibility index (Phi) is 2.99. The highest BCUT2D eigenvalue weighted by Gasteiger charge is 2.12. The van der Waals surface area contributed by atoms with E-state index >= 15 is 0 Å². The average molecular weight is 219 g/mol. The molecular formula is C12H9ClNO. The second kappa shape index (κ2) is 4.43. The van der Waals surface area contributed by atoms with E-state index in [-0.39, 0.29) is 0 Å². The molecule has 2 rings (SSSR count). The van der Waals surface area contributed by atoms with Gasteiger partial charge in [-0.2, -0.15) is 0 Å². The zero-order valence-corrected chi connectivity index (χ0v) is 8.69. The largest absolute Gasteiger partial charge is 0.263 e. The molecule has 15 heavy (non-hydrogen) atoms. The summed E-state index contributed by atoms with van der Waals surface area (Å²) in [6, 6.07) is 10.8. The van der Waals surface area contributed by atoms with Crippen molar-refractivity contribution in [2.45, 2.75) is 6.10 Å². The highest BCUT2D eigenvalue weighted by molar-refractivity contribution is 6.30. The van der Waals surface area contributed by atoms with Crippen molar-refractivity contribution < 1.29 is 5.11 Å². The molecule has 0 saturated carbocycles. The first kappa shape index (κ1) is 10.1. The fraction of sp³-hybridized carbons (Fsp3) is 0.0833. The molecule has 0 N–H and O–H groups in total. The van der Waals surface area contributed by atoms with Gasteiger partial charge in [0, 0.05) is 18.0 Å². The quantitative estimate of drug-likeness (QED) is 0.762. The third-order valence-electron chi connectivity index (χ3n) is 2.13. The number of rotatable bonds is 2. The molecule has 2 nitrogen and oxygen atoms in total. The van der Waals surface area contributed by atoms with Gasteiger partial charge in [0.1, 0.15) is 6.10 Å². The van der Waals surface area contributed by atoms with Gasteiger partial charge in [0.2, 0.25) is 0 Å². The van der Waals surface area contributed by atoms with Gasteiger partial charge in [-0.05, 0) is 11.6 Å². The van der Waals surface area contributed by atoms with Crippen LogP contribution in [0.2, 0.25) is 5.02 Å². The molecule has 0 fully saturated rings. The van der Waals surface area contributed by atoms with Crippen LogP contribution in [0, 0.1) is 0 Å². The maximum atomic E-state index is 12.0. The fourth-order valence-electron chi connectivity index (χ4n) is 1.39. The third kappa shape index (κ3) is 2.35. The van der Waals surface area contributed by atoms with E-state index in [1.165, 1.54) is 6.20 Å². The van der Waals surface area contributed by atoms with Crippen molar-refractivity contribution in [3.63, 3.8) is 0 Å². The molecule has 1 heterocycles. The molecule has 2 aromatic rings. The van der Waals surface area contributed by atoms with Crippen LogP contribution < -0.4 is 0 Å². The van der Waals surface area contributed by atoms with Gasteiger partial charge in [-0.25, -0.2) is 5.11 Å². The average Bonchev–Trinajstić information content (AvgIpc) is 2.29. The van der Waals surface area contributed by atoms with Gasteiger partial charge in [0.25, 0.3) is 0 Å². The van der Waals surface area contributed by atoms with Crippen LogP contribution in [0.1, 0.15) is 17.2 Å². The minimum Gasteiger partial charge on any atom is -0.263 e. The van der Waals surface area contributed by atoms with Crippen LogP contribution in [0.4, 0.5) is 0 Å². The summed E-state index contributed by atoms with van der Waals surface area (Å²) in [6.45, 7) is 0. The van der Waals surface area contributed by atoms with E-state index in [2.05, 4.69) is 4.98 Å². The van der Waals surface area contributed by atoms with Crippen LogP contribution in [0.3, 0.4) is 0 Å². The second-order valence-electron chi connectivity index (χ2n) is 3.23. The maximum Gasteiger partial charge on any atom is 0.145 e. The molecule has 0 aliphatic carbocycles. The van der Waals surface area contributed by atoms with Crippen LogP contribution in [0.25, 0.3) is 0 Å². The number of hydrogen-bond acceptors (Lipinski definition) is 1. The van der Waals surface area contributed by atoms with Crippen LogP contribution in [0.15, 0.2) is 48.8 Å². The van der Waals surface area contributed by atoms with E-state index in [1.54, 1.807) is 24.4 Å². The molecule has 1 unspecified atom stereocenters. The van der Waals surface area contributed by atoms with E-state index in [0.29, 0.717) is 10.6 Å². The normalized spacial score (nSPS) is 12.4. The number of nitrogens with zero attached hydrogens (tertiary/aromatic N) is 1. The molecule has 0 aliphatic heterocycles. The summed E-state index contributed by atoms with van der Waals surface area (Å²) >= 11 is 5.77. The Morgan fingerprint density at radius 3 is 2.47 bits per heavy atom. The van der Waals surface area contributed by atoms with Crippen LogP contribution >= 0.6 is 11.6 Å². The monoisotopic (exact) mass is 218 g/mol. The first-order chi connectivity index (χ1) is 7.27. The lowest BCUT2D eigenvalue weighted by molar-refractivity contribution is 0.124. The summed E-state index contributed by atoms with van der Waals surface area (Å²) in [5, 5.41) is 12.5. The van der Waals surface area contributed by atoms with Crippen molar-refractivity contribution >= 4 is 11.6 Å². The molecule has 0 saturated heterocycles. The Hall–Kier alpha value is -1.38. The standard InChI is InChI=1S/C12H9ClNO/c13-11-6-10(7-14-8-11)12(15)9-4-2-1-3-5-9/h1-8,12H. The van der Waals surface area contributed by atoms with Crippen molar-refractivity contribution in [2.24, 2.45) is 0 Å². The smallest absolute Gasteiger partial charge is 0.145 e. The van der Waals surface area contributed by atoms with Crippen LogP contribution in [-0.2, 0) is 5.11 Å². The summed E-state index contributed by atoms with van der Waals surface area (Å²) in [5.41, 5.74) is 1.32. The van der Waals surface area contributed by atoms with Gasteiger partial charge < -0.3 is 0 Å².